The van der Waals surface area contributed by atoms with E-state index in [1.165, 1.54) is 7.11 Å². The van der Waals surface area contributed by atoms with E-state index in [4.69, 9.17) is 21.4 Å². The molecule has 1 unspecified atom stereocenters. The van der Waals surface area contributed by atoms with Crippen molar-refractivity contribution in [2.45, 2.75) is 25.7 Å². The fraction of sp³-hybridized carbons (Fsp3) is 0.500. The molecule has 5 nitrogen and oxygen atoms in total. The number of carboxylic acid groups (broad SMARTS) is 1. The standard InChI is InChI=1S/C16H20ClNO4/c1-22-14-6-5-12(17)9-13(14)16(21)18-8-2-3-11(10-18)4-7-15(19)20/h5-6,9,11H,2-4,7-8,10H2,1H3,(H,19,20). The first-order chi connectivity index (χ1) is 10.5. The number of hydrogen-bond acceptors (Lipinski definition) is 3. The highest BCUT2D eigenvalue weighted by atomic mass is 35.5. The maximum Gasteiger partial charge on any atom is 0.303 e. The van der Waals surface area contributed by atoms with Gasteiger partial charge in [0.05, 0.1) is 12.7 Å². The van der Waals surface area contributed by atoms with E-state index in [0.717, 1.165) is 12.8 Å². The maximum atomic E-state index is 12.7. The van der Waals surface area contributed by atoms with Crippen LogP contribution in [-0.2, 0) is 4.79 Å². The molecule has 22 heavy (non-hydrogen) atoms. The zero-order chi connectivity index (χ0) is 16.1. The number of carbonyl (C=O) groups excluding carboxylic acids is 1. The molecule has 6 heteroatoms. The third-order valence-electron chi connectivity index (χ3n) is 3.96. The zero-order valence-corrected chi connectivity index (χ0v) is 13.3. The number of amides is 1. The van der Waals surface area contributed by atoms with Gasteiger partial charge in [0.25, 0.3) is 5.91 Å². The third kappa shape index (κ3) is 4.13. The second-order valence-electron chi connectivity index (χ2n) is 5.54. The average Bonchev–Trinajstić information content (AvgIpc) is 2.52. The number of halogens is 1. The van der Waals surface area contributed by atoms with Gasteiger partial charge in [-0.3, -0.25) is 9.59 Å². The first-order valence-electron chi connectivity index (χ1n) is 7.36. The number of rotatable bonds is 5. The number of benzene rings is 1. The van der Waals surface area contributed by atoms with E-state index in [1.54, 1.807) is 23.1 Å². The maximum absolute atomic E-state index is 12.7. The summed E-state index contributed by atoms with van der Waals surface area (Å²) >= 11 is 5.98. The van der Waals surface area contributed by atoms with Crippen LogP contribution in [0.15, 0.2) is 18.2 Å². The first-order valence-corrected chi connectivity index (χ1v) is 7.73. The van der Waals surface area contributed by atoms with Crippen LogP contribution in [0.2, 0.25) is 5.02 Å². The summed E-state index contributed by atoms with van der Waals surface area (Å²) in [5, 5.41) is 9.27. The van der Waals surface area contributed by atoms with Crippen molar-refractivity contribution >= 4 is 23.5 Å². The molecule has 0 bridgehead atoms. The molecule has 2 rings (SSSR count). The third-order valence-corrected chi connectivity index (χ3v) is 4.20. The SMILES string of the molecule is COc1ccc(Cl)cc1C(=O)N1CCCC(CCC(=O)O)C1. The quantitative estimate of drug-likeness (QED) is 0.903. The highest BCUT2D eigenvalue weighted by Crippen LogP contribution is 2.27. The lowest BCUT2D eigenvalue weighted by molar-refractivity contribution is -0.137. The van der Waals surface area contributed by atoms with E-state index < -0.39 is 5.97 Å². The molecule has 0 spiro atoms. The van der Waals surface area contributed by atoms with Crippen LogP contribution in [-0.4, -0.2) is 42.1 Å². The molecule has 0 saturated carbocycles. The van der Waals surface area contributed by atoms with E-state index >= 15 is 0 Å². The monoisotopic (exact) mass is 325 g/mol. The molecule has 1 heterocycles. The van der Waals surface area contributed by atoms with E-state index in [9.17, 15) is 9.59 Å². The number of carboxylic acids is 1. The minimum atomic E-state index is -0.792. The predicted octanol–water partition coefficient (Wildman–Crippen LogP) is 3.07. The highest BCUT2D eigenvalue weighted by Gasteiger charge is 2.26. The second kappa shape index (κ2) is 7.49. The summed E-state index contributed by atoms with van der Waals surface area (Å²) in [5.41, 5.74) is 0.453. The van der Waals surface area contributed by atoms with Crippen LogP contribution in [0, 0.1) is 5.92 Å². The van der Waals surface area contributed by atoms with Crippen molar-refractivity contribution in [1.82, 2.24) is 4.90 Å². The van der Waals surface area contributed by atoms with Crippen LogP contribution in [0.3, 0.4) is 0 Å². The molecule has 1 saturated heterocycles. The van der Waals surface area contributed by atoms with Gasteiger partial charge in [-0.1, -0.05) is 11.6 Å². The van der Waals surface area contributed by atoms with Crippen molar-refractivity contribution in [3.63, 3.8) is 0 Å². The van der Waals surface area contributed by atoms with Crippen LogP contribution >= 0.6 is 11.6 Å². The van der Waals surface area contributed by atoms with Gasteiger partial charge in [-0.2, -0.15) is 0 Å². The lowest BCUT2D eigenvalue weighted by Gasteiger charge is -2.33. The molecule has 1 aliphatic heterocycles. The number of aliphatic carboxylic acids is 1. The van der Waals surface area contributed by atoms with E-state index in [1.807, 2.05) is 0 Å². The molecule has 120 valence electrons. The van der Waals surface area contributed by atoms with Gasteiger partial charge in [0.15, 0.2) is 0 Å². The van der Waals surface area contributed by atoms with Gasteiger partial charge < -0.3 is 14.7 Å². The van der Waals surface area contributed by atoms with Crippen molar-refractivity contribution in [2.75, 3.05) is 20.2 Å². The van der Waals surface area contributed by atoms with Crippen molar-refractivity contribution in [3.8, 4) is 5.75 Å². The summed E-state index contributed by atoms with van der Waals surface area (Å²) in [6, 6.07) is 4.98. The van der Waals surface area contributed by atoms with Crippen LogP contribution in [0.25, 0.3) is 0 Å². The molecule has 1 N–H and O–H groups in total. The van der Waals surface area contributed by atoms with Gasteiger partial charge in [0, 0.05) is 24.5 Å². The average molecular weight is 326 g/mol. The van der Waals surface area contributed by atoms with E-state index in [0.29, 0.717) is 35.8 Å². The normalized spacial score (nSPS) is 18.1. The Morgan fingerprint density at radius 1 is 1.45 bits per heavy atom. The van der Waals surface area contributed by atoms with Gasteiger partial charge in [-0.05, 0) is 43.4 Å². The molecule has 1 aromatic carbocycles. The summed E-state index contributed by atoms with van der Waals surface area (Å²) in [6.45, 7) is 1.26. The molecule has 0 aliphatic carbocycles. The Labute approximate surface area is 134 Å². The lowest BCUT2D eigenvalue weighted by Crippen LogP contribution is -2.40. The van der Waals surface area contributed by atoms with Crippen LogP contribution in [0.4, 0.5) is 0 Å². The Balaban J connectivity index is 2.08. The smallest absolute Gasteiger partial charge is 0.303 e. The molecule has 1 aromatic rings. The summed E-state index contributed by atoms with van der Waals surface area (Å²) < 4.78 is 5.23. The van der Waals surface area contributed by atoms with Gasteiger partial charge in [-0.15, -0.1) is 0 Å². The molecule has 1 fully saturated rings. The molecule has 1 aliphatic rings. The zero-order valence-electron chi connectivity index (χ0n) is 12.5. The summed E-state index contributed by atoms with van der Waals surface area (Å²) in [4.78, 5) is 25.1. The number of hydrogen-bond donors (Lipinski definition) is 1. The van der Waals surface area contributed by atoms with Crippen molar-refractivity contribution in [1.29, 1.82) is 0 Å². The number of piperidine rings is 1. The lowest BCUT2D eigenvalue weighted by atomic mass is 9.93. The Morgan fingerprint density at radius 2 is 2.23 bits per heavy atom. The van der Waals surface area contributed by atoms with Crippen molar-refractivity contribution in [2.24, 2.45) is 5.92 Å². The summed E-state index contributed by atoms with van der Waals surface area (Å²) in [7, 11) is 1.52. The van der Waals surface area contributed by atoms with E-state index in [2.05, 4.69) is 0 Å². The summed E-state index contributed by atoms with van der Waals surface area (Å²) in [6.07, 6.45) is 2.60. The number of carbonyl (C=O) groups is 2. The van der Waals surface area contributed by atoms with Crippen LogP contribution < -0.4 is 4.74 Å². The van der Waals surface area contributed by atoms with Gasteiger partial charge >= 0.3 is 5.97 Å². The molecular formula is C16H20ClNO4. The first kappa shape index (κ1) is 16.6. The number of nitrogens with zero attached hydrogens (tertiary/aromatic N) is 1. The number of ether oxygens (including phenoxy) is 1. The predicted molar refractivity (Wildman–Crippen MR) is 83.5 cm³/mol. The molecule has 1 atom stereocenters. The number of likely N-dealkylation sites (tertiary alicyclic amines) is 1. The Kier molecular flexibility index (Phi) is 5.66. The Bertz CT molecular complexity index is 561. The van der Waals surface area contributed by atoms with Crippen LogP contribution in [0.1, 0.15) is 36.0 Å². The Morgan fingerprint density at radius 3 is 2.91 bits per heavy atom. The fourth-order valence-electron chi connectivity index (χ4n) is 2.83. The van der Waals surface area contributed by atoms with Gasteiger partial charge in [0.1, 0.15) is 5.75 Å². The minimum absolute atomic E-state index is 0.112. The van der Waals surface area contributed by atoms with Gasteiger partial charge in [0.2, 0.25) is 0 Å². The molecule has 0 aromatic heterocycles. The topological polar surface area (TPSA) is 66.8 Å². The molecule has 0 radical (unpaired) electrons. The van der Waals surface area contributed by atoms with Crippen LogP contribution in [0.5, 0.6) is 5.75 Å². The highest BCUT2D eigenvalue weighted by molar-refractivity contribution is 6.31. The molecular weight excluding hydrogens is 306 g/mol. The summed E-state index contributed by atoms with van der Waals surface area (Å²) in [5.74, 6) is -0.166. The van der Waals surface area contributed by atoms with Crippen molar-refractivity contribution in [3.05, 3.63) is 28.8 Å². The van der Waals surface area contributed by atoms with E-state index in [-0.39, 0.29) is 18.2 Å². The second-order valence-corrected chi connectivity index (χ2v) is 5.97. The number of methoxy groups -OCH3 is 1. The van der Waals surface area contributed by atoms with Gasteiger partial charge in [-0.25, -0.2) is 0 Å². The minimum Gasteiger partial charge on any atom is -0.496 e. The largest absolute Gasteiger partial charge is 0.496 e. The fourth-order valence-corrected chi connectivity index (χ4v) is 3.00. The Hall–Kier alpha value is -1.75. The molecule has 1 amide bonds. The van der Waals surface area contributed by atoms with Crippen molar-refractivity contribution < 1.29 is 19.4 Å².